The Hall–Kier alpha value is -2.26. The minimum Gasteiger partial charge on any atom is -0.359 e. The predicted octanol–water partition coefficient (Wildman–Crippen LogP) is 3.39. The molecular formula is C16H17N3. The van der Waals surface area contributed by atoms with Crippen molar-refractivity contribution in [3.05, 3.63) is 60.3 Å². The van der Waals surface area contributed by atoms with Gasteiger partial charge in [-0.2, -0.15) is 0 Å². The van der Waals surface area contributed by atoms with Crippen molar-refractivity contribution in [1.82, 2.24) is 4.98 Å². The van der Waals surface area contributed by atoms with E-state index in [0.717, 1.165) is 16.8 Å². The SMILES string of the molecule is CN(c1ccc(CN)cc1)c1c[nH]c2ccccc12. The van der Waals surface area contributed by atoms with Gasteiger partial charge in [0.15, 0.2) is 0 Å². The molecule has 0 unspecified atom stereocenters. The maximum Gasteiger partial charge on any atom is 0.0665 e. The van der Waals surface area contributed by atoms with E-state index in [4.69, 9.17) is 5.73 Å². The first kappa shape index (κ1) is 11.8. The van der Waals surface area contributed by atoms with Crippen LogP contribution in [0.4, 0.5) is 11.4 Å². The largest absolute Gasteiger partial charge is 0.359 e. The van der Waals surface area contributed by atoms with Crippen LogP contribution in [0.2, 0.25) is 0 Å². The van der Waals surface area contributed by atoms with Gasteiger partial charge in [-0.25, -0.2) is 0 Å². The lowest BCUT2D eigenvalue weighted by molar-refractivity contribution is 1.07. The molecular weight excluding hydrogens is 234 g/mol. The van der Waals surface area contributed by atoms with Crippen molar-refractivity contribution in [2.24, 2.45) is 5.73 Å². The van der Waals surface area contributed by atoms with Crippen LogP contribution in [0.15, 0.2) is 54.7 Å². The van der Waals surface area contributed by atoms with Crippen LogP contribution in [0.25, 0.3) is 10.9 Å². The number of aromatic nitrogens is 1. The number of hydrogen-bond donors (Lipinski definition) is 2. The lowest BCUT2D eigenvalue weighted by Crippen LogP contribution is -2.09. The average molecular weight is 251 g/mol. The van der Waals surface area contributed by atoms with E-state index in [0.29, 0.717) is 6.54 Å². The molecule has 3 heteroatoms. The van der Waals surface area contributed by atoms with Gasteiger partial charge in [-0.15, -0.1) is 0 Å². The molecule has 0 fully saturated rings. The Bertz CT molecular complexity index is 683. The fourth-order valence-electron chi connectivity index (χ4n) is 2.33. The third-order valence-electron chi connectivity index (χ3n) is 3.49. The van der Waals surface area contributed by atoms with E-state index in [-0.39, 0.29) is 0 Å². The van der Waals surface area contributed by atoms with E-state index in [2.05, 4.69) is 59.4 Å². The highest BCUT2D eigenvalue weighted by Crippen LogP contribution is 2.30. The summed E-state index contributed by atoms with van der Waals surface area (Å²) in [6.45, 7) is 0.580. The third-order valence-corrected chi connectivity index (χ3v) is 3.49. The third kappa shape index (κ3) is 2.09. The summed E-state index contributed by atoms with van der Waals surface area (Å²) in [7, 11) is 2.08. The number of H-pyrrole nitrogens is 1. The van der Waals surface area contributed by atoms with E-state index in [1.165, 1.54) is 11.1 Å². The number of rotatable bonds is 3. The summed E-state index contributed by atoms with van der Waals surface area (Å²) in [6, 6.07) is 16.7. The lowest BCUT2D eigenvalue weighted by atomic mass is 10.2. The van der Waals surface area contributed by atoms with Gasteiger partial charge < -0.3 is 15.6 Å². The van der Waals surface area contributed by atoms with Gasteiger partial charge in [0.2, 0.25) is 0 Å². The first-order valence-electron chi connectivity index (χ1n) is 6.38. The second-order valence-corrected chi connectivity index (χ2v) is 4.65. The molecule has 0 bridgehead atoms. The molecule has 19 heavy (non-hydrogen) atoms. The van der Waals surface area contributed by atoms with Gasteiger partial charge in [0.1, 0.15) is 0 Å². The van der Waals surface area contributed by atoms with E-state index in [1.807, 2.05) is 12.3 Å². The van der Waals surface area contributed by atoms with Crippen LogP contribution >= 0.6 is 0 Å². The Morgan fingerprint density at radius 3 is 2.53 bits per heavy atom. The number of fused-ring (bicyclic) bond motifs is 1. The van der Waals surface area contributed by atoms with Crippen molar-refractivity contribution >= 4 is 22.3 Å². The van der Waals surface area contributed by atoms with E-state index in [9.17, 15) is 0 Å². The minimum atomic E-state index is 0.580. The zero-order chi connectivity index (χ0) is 13.2. The standard InChI is InChI=1S/C16H17N3/c1-19(13-8-6-12(10-17)7-9-13)16-11-18-15-5-3-2-4-14(15)16/h2-9,11,18H,10,17H2,1H3. The fraction of sp³-hybridized carbons (Fsp3) is 0.125. The summed E-state index contributed by atoms with van der Waals surface area (Å²) in [4.78, 5) is 5.48. The summed E-state index contributed by atoms with van der Waals surface area (Å²) < 4.78 is 0. The van der Waals surface area contributed by atoms with Crippen molar-refractivity contribution in [2.75, 3.05) is 11.9 Å². The maximum absolute atomic E-state index is 5.63. The highest BCUT2D eigenvalue weighted by atomic mass is 15.1. The number of nitrogens with one attached hydrogen (secondary N) is 1. The molecule has 1 aromatic heterocycles. The molecule has 0 saturated heterocycles. The Morgan fingerprint density at radius 1 is 1.05 bits per heavy atom. The van der Waals surface area contributed by atoms with E-state index >= 15 is 0 Å². The fourth-order valence-corrected chi connectivity index (χ4v) is 2.33. The van der Waals surface area contributed by atoms with Crippen molar-refractivity contribution < 1.29 is 0 Å². The van der Waals surface area contributed by atoms with Crippen LogP contribution < -0.4 is 10.6 Å². The zero-order valence-corrected chi connectivity index (χ0v) is 10.9. The Balaban J connectivity index is 2.00. The van der Waals surface area contributed by atoms with Gasteiger partial charge in [-0.05, 0) is 23.8 Å². The zero-order valence-electron chi connectivity index (χ0n) is 10.9. The molecule has 3 rings (SSSR count). The normalized spacial score (nSPS) is 10.8. The molecule has 0 saturated carbocycles. The van der Waals surface area contributed by atoms with Gasteiger partial charge in [-0.1, -0.05) is 30.3 Å². The molecule has 0 amide bonds. The number of nitrogens with two attached hydrogens (primary N) is 1. The van der Waals surface area contributed by atoms with Gasteiger partial charge in [0.05, 0.1) is 5.69 Å². The second kappa shape index (κ2) is 4.78. The molecule has 3 N–H and O–H groups in total. The van der Waals surface area contributed by atoms with Crippen LogP contribution in [0.5, 0.6) is 0 Å². The molecule has 3 aromatic rings. The van der Waals surface area contributed by atoms with Crippen LogP contribution in [-0.4, -0.2) is 12.0 Å². The molecule has 0 radical (unpaired) electrons. The first-order chi connectivity index (χ1) is 9.29. The van der Waals surface area contributed by atoms with Gasteiger partial charge in [-0.3, -0.25) is 0 Å². The molecule has 96 valence electrons. The van der Waals surface area contributed by atoms with Gasteiger partial charge in [0.25, 0.3) is 0 Å². The van der Waals surface area contributed by atoms with Gasteiger partial charge in [0, 0.05) is 36.4 Å². The van der Waals surface area contributed by atoms with E-state index < -0.39 is 0 Å². The van der Waals surface area contributed by atoms with Crippen molar-refractivity contribution in [3.8, 4) is 0 Å². The average Bonchev–Trinajstić information content (AvgIpc) is 2.90. The molecule has 0 atom stereocenters. The minimum absolute atomic E-state index is 0.580. The number of nitrogens with zero attached hydrogens (tertiary/aromatic N) is 1. The second-order valence-electron chi connectivity index (χ2n) is 4.65. The summed E-state index contributed by atoms with van der Waals surface area (Å²) in [6.07, 6.45) is 2.04. The molecule has 0 aliphatic heterocycles. The predicted molar refractivity (Wildman–Crippen MR) is 80.7 cm³/mol. The Morgan fingerprint density at radius 2 is 1.79 bits per heavy atom. The van der Waals surface area contributed by atoms with Crippen molar-refractivity contribution in [2.45, 2.75) is 6.54 Å². The van der Waals surface area contributed by atoms with E-state index in [1.54, 1.807) is 0 Å². The number of benzene rings is 2. The molecule has 0 spiro atoms. The maximum atomic E-state index is 5.63. The monoisotopic (exact) mass is 251 g/mol. The smallest absolute Gasteiger partial charge is 0.0665 e. The van der Waals surface area contributed by atoms with Crippen molar-refractivity contribution in [1.29, 1.82) is 0 Å². The number of hydrogen-bond acceptors (Lipinski definition) is 2. The number of para-hydroxylation sites is 1. The quantitative estimate of drug-likeness (QED) is 0.749. The molecule has 3 nitrogen and oxygen atoms in total. The topological polar surface area (TPSA) is 45.0 Å². The molecule has 0 aliphatic carbocycles. The highest BCUT2D eigenvalue weighted by Gasteiger charge is 2.09. The molecule has 2 aromatic carbocycles. The Kier molecular flexibility index (Phi) is 2.97. The molecule has 0 aliphatic rings. The van der Waals surface area contributed by atoms with Crippen LogP contribution in [0.3, 0.4) is 0 Å². The summed E-state index contributed by atoms with van der Waals surface area (Å²) in [5.41, 5.74) is 10.3. The van der Waals surface area contributed by atoms with Crippen LogP contribution in [0.1, 0.15) is 5.56 Å². The van der Waals surface area contributed by atoms with Crippen LogP contribution in [-0.2, 0) is 6.54 Å². The van der Waals surface area contributed by atoms with Crippen LogP contribution in [0, 0.1) is 0 Å². The summed E-state index contributed by atoms with van der Waals surface area (Å²) >= 11 is 0. The number of anilines is 2. The number of aromatic amines is 1. The first-order valence-corrected chi connectivity index (χ1v) is 6.38. The summed E-state index contributed by atoms with van der Waals surface area (Å²) in [5, 5.41) is 1.23. The van der Waals surface area contributed by atoms with Crippen molar-refractivity contribution in [3.63, 3.8) is 0 Å². The highest BCUT2D eigenvalue weighted by molar-refractivity contribution is 5.94. The van der Waals surface area contributed by atoms with Gasteiger partial charge >= 0.3 is 0 Å². The lowest BCUT2D eigenvalue weighted by Gasteiger charge is -2.18. The summed E-state index contributed by atoms with van der Waals surface area (Å²) in [5.74, 6) is 0. The Labute approximate surface area is 112 Å². The molecule has 1 heterocycles.